The number of rotatable bonds is 6. The van der Waals surface area contributed by atoms with Gasteiger partial charge in [-0.05, 0) is 24.6 Å². The summed E-state index contributed by atoms with van der Waals surface area (Å²) in [6, 6.07) is 11.1. The second kappa shape index (κ2) is 8.23. The third kappa shape index (κ3) is 4.24. The van der Waals surface area contributed by atoms with E-state index in [-0.39, 0.29) is 34.9 Å². The Hall–Kier alpha value is -3.89. The van der Waals surface area contributed by atoms with Crippen molar-refractivity contribution < 1.29 is 27.6 Å². The number of carbonyl (C=O) groups excluding carboxylic acids is 1. The lowest BCUT2D eigenvalue weighted by Crippen LogP contribution is -2.14. The summed E-state index contributed by atoms with van der Waals surface area (Å²) in [4.78, 5) is 23.1. The highest BCUT2D eigenvalue weighted by Crippen LogP contribution is 2.39. The van der Waals surface area contributed by atoms with Crippen LogP contribution in [0.5, 0.6) is 5.75 Å². The van der Waals surface area contributed by atoms with Crippen LogP contribution in [-0.4, -0.2) is 27.6 Å². The van der Waals surface area contributed by atoms with E-state index in [9.17, 15) is 28.1 Å². The molecule has 1 aromatic heterocycles. The molecule has 156 valence electrons. The molecule has 0 aliphatic carbocycles. The van der Waals surface area contributed by atoms with E-state index in [0.717, 1.165) is 6.07 Å². The molecule has 0 spiro atoms. The molecule has 2 N–H and O–H groups in total. The van der Waals surface area contributed by atoms with E-state index in [1.807, 2.05) is 5.10 Å². The Morgan fingerprint density at radius 3 is 2.53 bits per heavy atom. The van der Waals surface area contributed by atoms with Crippen LogP contribution in [0.3, 0.4) is 0 Å². The molecule has 1 amide bonds. The Morgan fingerprint density at radius 2 is 1.93 bits per heavy atom. The molecule has 0 aliphatic heterocycles. The molecule has 3 aromatic rings. The predicted molar refractivity (Wildman–Crippen MR) is 101 cm³/mol. The molecule has 0 aliphatic rings. The SMILES string of the molecule is CCOc1ccc(C(=O)Nc2n[nH]c(C(F)(F)F)c2-c2ccccc2)cc1[N+](=O)[O-]. The Morgan fingerprint density at radius 1 is 1.23 bits per heavy atom. The lowest BCUT2D eigenvalue weighted by Gasteiger charge is -2.10. The van der Waals surface area contributed by atoms with Gasteiger partial charge in [-0.15, -0.1) is 0 Å². The summed E-state index contributed by atoms with van der Waals surface area (Å²) in [5, 5.41) is 19.0. The number of amides is 1. The fourth-order valence-corrected chi connectivity index (χ4v) is 2.78. The molecule has 0 saturated heterocycles. The number of nitro groups is 1. The summed E-state index contributed by atoms with van der Waals surface area (Å²) in [5.74, 6) is -1.24. The van der Waals surface area contributed by atoms with Crippen molar-refractivity contribution in [2.24, 2.45) is 0 Å². The zero-order valence-corrected chi connectivity index (χ0v) is 15.5. The van der Waals surface area contributed by atoms with Crippen molar-refractivity contribution in [3.63, 3.8) is 0 Å². The molecule has 0 bridgehead atoms. The van der Waals surface area contributed by atoms with Crippen LogP contribution in [0, 0.1) is 10.1 Å². The van der Waals surface area contributed by atoms with Gasteiger partial charge in [0, 0.05) is 11.6 Å². The largest absolute Gasteiger partial charge is 0.487 e. The van der Waals surface area contributed by atoms with Crippen LogP contribution in [0.2, 0.25) is 0 Å². The van der Waals surface area contributed by atoms with Crippen LogP contribution in [0.25, 0.3) is 11.1 Å². The van der Waals surface area contributed by atoms with Gasteiger partial charge in [0.05, 0.1) is 17.1 Å². The second-order valence-electron chi connectivity index (χ2n) is 6.01. The lowest BCUT2D eigenvalue weighted by molar-refractivity contribution is -0.385. The number of benzene rings is 2. The summed E-state index contributed by atoms with van der Waals surface area (Å²) in [6.07, 6.45) is -4.74. The van der Waals surface area contributed by atoms with Crippen molar-refractivity contribution in [3.8, 4) is 16.9 Å². The first-order chi connectivity index (χ1) is 14.2. The maximum absolute atomic E-state index is 13.4. The zero-order chi connectivity index (χ0) is 21.9. The lowest BCUT2D eigenvalue weighted by atomic mass is 10.0. The van der Waals surface area contributed by atoms with Crippen molar-refractivity contribution in [1.82, 2.24) is 10.2 Å². The molecule has 0 radical (unpaired) electrons. The van der Waals surface area contributed by atoms with E-state index in [4.69, 9.17) is 4.74 Å². The molecule has 0 saturated carbocycles. The van der Waals surface area contributed by atoms with Gasteiger partial charge in [-0.25, -0.2) is 0 Å². The molecule has 1 heterocycles. The summed E-state index contributed by atoms with van der Waals surface area (Å²) >= 11 is 0. The zero-order valence-electron chi connectivity index (χ0n) is 15.5. The number of nitro benzene ring substituents is 1. The minimum absolute atomic E-state index is 0.0249. The van der Waals surface area contributed by atoms with Gasteiger partial charge in [0.15, 0.2) is 11.6 Å². The molecule has 0 fully saturated rings. The topological polar surface area (TPSA) is 110 Å². The number of halogens is 3. The molecule has 0 atom stereocenters. The van der Waals surface area contributed by atoms with E-state index in [2.05, 4.69) is 10.4 Å². The summed E-state index contributed by atoms with van der Waals surface area (Å²) in [6.45, 7) is 1.82. The smallest absolute Gasteiger partial charge is 0.433 e. The summed E-state index contributed by atoms with van der Waals surface area (Å²) in [5.41, 5.74) is -1.85. The monoisotopic (exact) mass is 420 g/mol. The molecule has 30 heavy (non-hydrogen) atoms. The predicted octanol–water partition coefficient (Wildman–Crippen LogP) is 4.65. The quantitative estimate of drug-likeness (QED) is 0.445. The molecule has 3 rings (SSSR count). The number of aromatic amines is 1. The van der Waals surface area contributed by atoms with E-state index in [0.29, 0.717) is 0 Å². The van der Waals surface area contributed by atoms with Crippen LogP contribution in [0.15, 0.2) is 48.5 Å². The number of hydrogen-bond donors (Lipinski definition) is 2. The molecule has 2 aromatic carbocycles. The van der Waals surface area contributed by atoms with Crippen LogP contribution in [-0.2, 0) is 6.18 Å². The number of hydrogen-bond acceptors (Lipinski definition) is 5. The first-order valence-corrected chi connectivity index (χ1v) is 8.66. The number of alkyl halides is 3. The molecular formula is C19H15F3N4O4. The molecular weight excluding hydrogens is 405 g/mol. The summed E-state index contributed by atoms with van der Waals surface area (Å²) < 4.78 is 45.3. The van der Waals surface area contributed by atoms with Crippen LogP contribution in [0.1, 0.15) is 23.0 Å². The number of ether oxygens (including phenoxy) is 1. The maximum atomic E-state index is 13.4. The third-order valence-corrected chi connectivity index (χ3v) is 4.06. The number of nitrogens with one attached hydrogen (secondary N) is 2. The van der Waals surface area contributed by atoms with Gasteiger partial charge in [0.25, 0.3) is 5.91 Å². The fourth-order valence-electron chi connectivity index (χ4n) is 2.78. The first kappa shape index (κ1) is 20.8. The van der Waals surface area contributed by atoms with E-state index in [1.165, 1.54) is 24.3 Å². The van der Waals surface area contributed by atoms with Gasteiger partial charge >= 0.3 is 11.9 Å². The van der Waals surface area contributed by atoms with E-state index < -0.39 is 28.4 Å². The average Bonchev–Trinajstić information content (AvgIpc) is 3.13. The number of nitrogens with zero attached hydrogens (tertiary/aromatic N) is 2. The van der Waals surface area contributed by atoms with E-state index >= 15 is 0 Å². The van der Waals surface area contributed by atoms with Gasteiger partial charge in [-0.3, -0.25) is 20.0 Å². The number of aromatic nitrogens is 2. The fraction of sp³-hybridized carbons (Fsp3) is 0.158. The number of H-pyrrole nitrogens is 1. The summed E-state index contributed by atoms with van der Waals surface area (Å²) in [7, 11) is 0. The molecule has 11 heteroatoms. The Labute approximate surface area is 167 Å². The third-order valence-electron chi connectivity index (χ3n) is 4.06. The number of anilines is 1. The highest BCUT2D eigenvalue weighted by atomic mass is 19.4. The normalized spacial score (nSPS) is 11.2. The first-order valence-electron chi connectivity index (χ1n) is 8.66. The van der Waals surface area contributed by atoms with Gasteiger partial charge in [-0.1, -0.05) is 30.3 Å². The van der Waals surface area contributed by atoms with Gasteiger partial charge in [0.2, 0.25) is 0 Å². The minimum atomic E-state index is -4.74. The van der Waals surface area contributed by atoms with Crippen molar-refractivity contribution in [2.75, 3.05) is 11.9 Å². The molecule has 8 nitrogen and oxygen atoms in total. The van der Waals surface area contributed by atoms with Crippen LogP contribution < -0.4 is 10.1 Å². The second-order valence-corrected chi connectivity index (χ2v) is 6.01. The Kier molecular flexibility index (Phi) is 5.72. The van der Waals surface area contributed by atoms with Gasteiger partial charge in [0.1, 0.15) is 5.69 Å². The van der Waals surface area contributed by atoms with Crippen molar-refractivity contribution in [1.29, 1.82) is 0 Å². The van der Waals surface area contributed by atoms with Crippen LogP contribution in [0.4, 0.5) is 24.7 Å². The molecule has 0 unspecified atom stereocenters. The van der Waals surface area contributed by atoms with Gasteiger partial charge in [-0.2, -0.15) is 18.3 Å². The van der Waals surface area contributed by atoms with Gasteiger partial charge < -0.3 is 10.1 Å². The van der Waals surface area contributed by atoms with Crippen molar-refractivity contribution in [3.05, 3.63) is 69.9 Å². The van der Waals surface area contributed by atoms with Crippen molar-refractivity contribution >= 4 is 17.4 Å². The Balaban J connectivity index is 1.99. The van der Waals surface area contributed by atoms with Crippen LogP contribution >= 0.6 is 0 Å². The maximum Gasteiger partial charge on any atom is 0.433 e. The minimum Gasteiger partial charge on any atom is -0.487 e. The standard InChI is InChI=1S/C19H15F3N4O4/c1-2-30-14-9-8-12(10-13(14)26(28)29)18(27)23-17-15(11-6-4-3-5-7-11)16(24-25-17)19(20,21)22/h3-10H,2H2,1H3,(H2,23,24,25,27). The number of carbonyl (C=O) groups is 1. The van der Waals surface area contributed by atoms with E-state index in [1.54, 1.807) is 25.1 Å². The average molecular weight is 420 g/mol. The highest BCUT2D eigenvalue weighted by Gasteiger charge is 2.38. The highest BCUT2D eigenvalue weighted by molar-refractivity contribution is 6.06. The Bertz CT molecular complexity index is 1080. The van der Waals surface area contributed by atoms with Crippen molar-refractivity contribution in [2.45, 2.75) is 13.1 Å².